The van der Waals surface area contributed by atoms with Crippen molar-refractivity contribution in [3.63, 3.8) is 0 Å². The molecular weight excluding hydrogens is 214 g/mol. The summed E-state index contributed by atoms with van der Waals surface area (Å²) in [5.41, 5.74) is 5.38. The Morgan fingerprint density at radius 1 is 1.62 bits per heavy atom. The molecule has 2 N–H and O–H groups in total. The molecular formula is C8H9N5O3. The molecule has 0 spiro atoms. The third-order valence-corrected chi connectivity index (χ3v) is 2.21. The van der Waals surface area contributed by atoms with Crippen LogP contribution in [0.1, 0.15) is 10.5 Å². The second-order valence-electron chi connectivity index (χ2n) is 3.24. The molecule has 0 aromatic carbocycles. The zero-order valence-electron chi connectivity index (χ0n) is 8.29. The van der Waals surface area contributed by atoms with Crippen LogP contribution in [0.2, 0.25) is 0 Å². The monoisotopic (exact) mass is 223 g/mol. The number of nitriles is 1. The minimum absolute atomic E-state index is 0.0291. The molecule has 8 heteroatoms. The summed E-state index contributed by atoms with van der Waals surface area (Å²) in [7, 11) is 0. The van der Waals surface area contributed by atoms with Crippen LogP contribution in [-0.2, 0) is 4.74 Å². The number of carbonyl (C=O) groups is 1. The molecule has 8 nitrogen and oxygen atoms in total. The second-order valence-corrected chi connectivity index (χ2v) is 3.24. The van der Waals surface area contributed by atoms with Crippen LogP contribution in [0.3, 0.4) is 0 Å². The summed E-state index contributed by atoms with van der Waals surface area (Å²) >= 11 is 0. The smallest absolute Gasteiger partial charge is 0.280 e. The minimum atomic E-state index is -0.612. The highest BCUT2D eigenvalue weighted by Gasteiger charge is 2.28. The van der Waals surface area contributed by atoms with Gasteiger partial charge in [0, 0.05) is 6.54 Å². The number of anilines is 1. The average molecular weight is 223 g/mol. The van der Waals surface area contributed by atoms with Gasteiger partial charge in [0.15, 0.2) is 6.10 Å². The number of carbonyl (C=O) groups excluding carboxylic acids is 1. The van der Waals surface area contributed by atoms with Crippen molar-refractivity contribution in [1.29, 1.82) is 5.26 Å². The van der Waals surface area contributed by atoms with Crippen LogP contribution in [0.25, 0.3) is 0 Å². The number of nitrogens with two attached hydrogens (primary N) is 1. The number of morpholine rings is 1. The Hall–Kier alpha value is -2.14. The van der Waals surface area contributed by atoms with Crippen LogP contribution in [0.4, 0.5) is 5.82 Å². The van der Waals surface area contributed by atoms with Crippen molar-refractivity contribution in [2.75, 3.05) is 25.4 Å². The van der Waals surface area contributed by atoms with Crippen molar-refractivity contribution in [1.82, 2.24) is 15.2 Å². The van der Waals surface area contributed by atoms with E-state index in [-0.39, 0.29) is 18.1 Å². The van der Waals surface area contributed by atoms with E-state index in [1.807, 2.05) is 6.07 Å². The Kier molecular flexibility index (Phi) is 2.70. The van der Waals surface area contributed by atoms with Gasteiger partial charge in [0.2, 0.25) is 11.5 Å². The SMILES string of the molecule is N#CC1CN(C(=O)c2nonc2N)CCO1. The summed E-state index contributed by atoms with van der Waals surface area (Å²) in [5.74, 6) is -0.452. The molecule has 1 atom stereocenters. The molecule has 1 aliphatic heterocycles. The lowest BCUT2D eigenvalue weighted by Crippen LogP contribution is -2.45. The number of hydrogen-bond donors (Lipinski definition) is 1. The van der Waals surface area contributed by atoms with Crippen LogP contribution in [-0.4, -0.2) is 46.9 Å². The van der Waals surface area contributed by atoms with Gasteiger partial charge in [0.25, 0.3) is 5.91 Å². The van der Waals surface area contributed by atoms with Gasteiger partial charge in [-0.05, 0) is 10.3 Å². The highest BCUT2D eigenvalue weighted by molar-refractivity contribution is 5.96. The molecule has 2 rings (SSSR count). The maximum absolute atomic E-state index is 11.9. The van der Waals surface area contributed by atoms with Gasteiger partial charge < -0.3 is 15.4 Å². The number of nitrogen functional groups attached to an aromatic ring is 1. The van der Waals surface area contributed by atoms with Gasteiger partial charge in [0.05, 0.1) is 19.2 Å². The first-order valence-corrected chi connectivity index (χ1v) is 4.61. The third-order valence-electron chi connectivity index (χ3n) is 2.21. The third kappa shape index (κ3) is 1.80. The van der Waals surface area contributed by atoms with Gasteiger partial charge in [-0.1, -0.05) is 0 Å². The van der Waals surface area contributed by atoms with Crippen molar-refractivity contribution in [2.24, 2.45) is 0 Å². The fourth-order valence-electron chi connectivity index (χ4n) is 1.41. The standard InChI is InChI=1S/C8H9N5O3/c9-3-5-4-13(1-2-15-5)8(14)6-7(10)12-16-11-6/h5H,1-2,4H2,(H2,10,12). The van der Waals surface area contributed by atoms with E-state index in [4.69, 9.17) is 15.7 Å². The van der Waals surface area contributed by atoms with Crippen LogP contribution >= 0.6 is 0 Å². The number of hydrogen-bond acceptors (Lipinski definition) is 7. The van der Waals surface area contributed by atoms with E-state index in [9.17, 15) is 4.79 Å². The molecule has 0 radical (unpaired) electrons. The Morgan fingerprint density at radius 2 is 2.44 bits per heavy atom. The lowest BCUT2D eigenvalue weighted by molar-refractivity contribution is 0.00305. The van der Waals surface area contributed by atoms with Gasteiger partial charge in [-0.3, -0.25) is 4.79 Å². The Morgan fingerprint density at radius 3 is 3.06 bits per heavy atom. The lowest BCUT2D eigenvalue weighted by Gasteiger charge is -2.28. The molecule has 1 saturated heterocycles. The molecule has 1 amide bonds. The summed E-state index contributed by atoms with van der Waals surface area (Å²) in [4.78, 5) is 13.3. The van der Waals surface area contributed by atoms with E-state index < -0.39 is 12.0 Å². The number of amides is 1. The molecule has 1 fully saturated rings. The molecule has 1 unspecified atom stereocenters. The summed E-state index contributed by atoms with van der Waals surface area (Å²) in [6.07, 6.45) is -0.612. The topological polar surface area (TPSA) is 118 Å². The van der Waals surface area contributed by atoms with Gasteiger partial charge in [-0.15, -0.1) is 0 Å². The summed E-state index contributed by atoms with van der Waals surface area (Å²) in [5, 5.41) is 15.4. The fraction of sp³-hybridized carbons (Fsp3) is 0.500. The van der Waals surface area contributed by atoms with E-state index in [0.717, 1.165) is 0 Å². The first-order chi connectivity index (χ1) is 7.72. The highest BCUT2D eigenvalue weighted by Crippen LogP contribution is 2.12. The predicted octanol–water partition coefficient (Wildman–Crippen LogP) is -0.984. The average Bonchev–Trinajstić information content (AvgIpc) is 2.74. The molecule has 84 valence electrons. The molecule has 0 aliphatic carbocycles. The number of ether oxygens (including phenoxy) is 1. The maximum atomic E-state index is 11.9. The van der Waals surface area contributed by atoms with Crippen LogP contribution in [0.5, 0.6) is 0 Å². The first-order valence-electron chi connectivity index (χ1n) is 4.61. The van der Waals surface area contributed by atoms with Gasteiger partial charge in [-0.2, -0.15) is 5.26 Å². The molecule has 1 aromatic heterocycles. The number of aromatic nitrogens is 2. The molecule has 2 heterocycles. The van der Waals surface area contributed by atoms with Crippen molar-refractivity contribution in [3.8, 4) is 6.07 Å². The van der Waals surface area contributed by atoms with Gasteiger partial charge in [-0.25, -0.2) is 4.63 Å². The molecule has 0 saturated carbocycles. The van der Waals surface area contributed by atoms with Crippen LogP contribution < -0.4 is 5.73 Å². The quantitative estimate of drug-likeness (QED) is 0.649. The minimum Gasteiger partial charge on any atom is -0.379 e. The lowest BCUT2D eigenvalue weighted by atomic mass is 10.2. The summed E-state index contributed by atoms with van der Waals surface area (Å²) in [6, 6.07) is 1.94. The zero-order chi connectivity index (χ0) is 11.5. The van der Waals surface area contributed by atoms with Gasteiger partial charge >= 0.3 is 0 Å². The number of rotatable bonds is 1. The van der Waals surface area contributed by atoms with E-state index in [2.05, 4.69) is 14.9 Å². The molecule has 1 aliphatic rings. The van der Waals surface area contributed by atoms with Crippen molar-refractivity contribution < 1.29 is 14.2 Å². The molecule has 0 bridgehead atoms. The van der Waals surface area contributed by atoms with E-state index in [1.54, 1.807) is 0 Å². The Labute approximate surface area is 90.5 Å². The van der Waals surface area contributed by atoms with E-state index in [1.165, 1.54) is 4.90 Å². The molecule has 16 heavy (non-hydrogen) atoms. The zero-order valence-corrected chi connectivity index (χ0v) is 8.29. The van der Waals surface area contributed by atoms with Crippen molar-refractivity contribution in [3.05, 3.63) is 5.69 Å². The van der Waals surface area contributed by atoms with Crippen LogP contribution in [0.15, 0.2) is 4.63 Å². The van der Waals surface area contributed by atoms with E-state index in [0.29, 0.717) is 13.2 Å². The fourth-order valence-corrected chi connectivity index (χ4v) is 1.41. The van der Waals surface area contributed by atoms with E-state index >= 15 is 0 Å². The normalized spacial score (nSPS) is 20.4. The van der Waals surface area contributed by atoms with Crippen molar-refractivity contribution >= 4 is 11.7 Å². The van der Waals surface area contributed by atoms with Crippen molar-refractivity contribution in [2.45, 2.75) is 6.10 Å². The summed E-state index contributed by atoms with van der Waals surface area (Å²) in [6.45, 7) is 0.903. The Bertz CT molecular complexity index is 437. The number of nitrogens with zero attached hydrogens (tertiary/aromatic N) is 4. The second kappa shape index (κ2) is 4.16. The highest BCUT2D eigenvalue weighted by atomic mass is 16.6. The van der Waals surface area contributed by atoms with Gasteiger partial charge in [0.1, 0.15) is 0 Å². The van der Waals surface area contributed by atoms with Crippen LogP contribution in [0, 0.1) is 11.3 Å². The molecule has 1 aromatic rings. The largest absolute Gasteiger partial charge is 0.379 e. The first kappa shape index (κ1) is 10.4. The maximum Gasteiger partial charge on any atom is 0.280 e. The predicted molar refractivity (Wildman–Crippen MR) is 50.0 cm³/mol. The summed E-state index contributed by atoms with van der Waals surface area (Å²) < 4.78 is 9.45. The Balaban J connectivity index is 2.11.